The van der Waals surface area contributed by atoms with Crippen LogP contribution in [0.2, 0.25) is 0 Å². The summed E-state index contributed by atoms with van der Waals surface area (Å²) in [5.74, 6) is -2.57. The molecule has 7 nitrogen and oxygen atoms in total. The Labute approximate surface area is 92.7 Å². The first-order valence-electron chi connectivity index (χ1n) is 4.68. The van der Waals surface area contributed by atoms with Crippen LogP contribution < -0.4 is 5.32 Å². The van der Waals surface area contributed by atoms with Gasteiger partial charge in [0.1, 0.15) is 12.6 Å². The number of rotatable bonds is 7. The minimum absolute atomic E-state index is 0.164. The summed E-state index contributed by atoms with van der Waals surface area (Å²) < 4.78 is 9.09. The van der Waals surface area contributed by atoms with E-state index in [-0.39, 0.29) is 13.2 Å². The molecule has 0 bridgehead atoms. The highest BCUT2D eigenvalue weighted by Crippen LogP contribution is 1.96. The van der Waals surface area contributed by atoms with Crippen LogP contribution in [-0.4, -0.2) is 49.3 Å². The van der Waals surface area contributed by atoms with E-state index in [2.05, 4.69) is 14.8 Å². The molecular weight excluding hydrogens is 218 g/mol. The molecule has 92 valence electrons. The standard InChI is InChI=1S/C9H15NO6/c1-3-16-8(12)4-6(9(13)14)10-7(11)5-15-2/h6H,3-5H2,1-2H3,(H,10,11)(H,13,14). The molecule has 2 N–H and O–H groups in total. The van der Waals surface area contributed by atoms with Crippen molar-refractivity contribution in [3.63, 3.8) is 0 Å². The second kappa shape index (κ2) is 7.63. The summed E-state index contributed by atoms with van der Waals surface area (Å²) in [5, 5.41) is 10.9. The quantitative estimate of drug-likeness (QED) is 0.556. The number of amides is 1. The van der Waals surface area contributed by atoms with Crippen LogP contribution in [-0.2, 0) is 23.9 Å². The van der Waals surface area contributed by atoms with Gasteiger partial charge < -0.3 is 19.9 Å². The number of methoxy groups -OCH3 is 1. The molecule has 7 heteroatoms. The van der Waals surface area contributed by atoms with E-state index in [1.807, 2.05) is 0 Å². The largest absolute Gasteiger partial charge is 0.480 e. The summed E-state index contributed by atoms with van der Waals surface area (Å²) >= 11 is 0. The average molecular weight is 233 g/mol. The molecule has 16 heavy (non-hydrogen) atoms. The summed E-state index contributed by atoms with van der Waals surface area (Å²) in [6, 6.07) is -1.29. The van der Waals surface area contributed by atoms with E-state index in [0.717, 1.165) is 0 Å². The first kappa shape index (κ1) is 14.4. The number of aliphatic carboxylic acids is 1. The Kier molecular flexibility index (Phi) is 6.86. The lowest BCUT2D eigenvalue weighted by Crippen LogP contribution is -2.43. The minimum atomic E-state index is -1.29. The molecule has 0 radical (unpaired) electrons. The van der Waals surface area contributed by atoms with Crippen molar-refractivity contribution in [2.75, 3.05) is 20.3 Å². The maximum absolute atomic E-state index is 11.0. The second-order valence-corrected chi connectivity index (χ2v) is 2.90. The van der Waals surface area contributed by atoms with Crippen molar-refractivity contribution in [1.82, 2.24) is 5.32 Å². The van der Waals surface area contributed by atoms with Crippen molar-refractivity contribution in [2.24, 2.45) is 0 Å². The highest BCUT2D eigenvalue weighted by atomic mass is 16.5. The monoisotopic (exact) mass is 233 g/mol. The number of carbonyl (C=O) groups excluding carboxylic acids is 2. The molecule has 0 aromatic carbocycles. The zero-order valence-electron chi connectivity index (χ0n) is 9.19. The third-order valence-electron chi connectivity index (χ3n) is 1.58. The summed E-state index contributed by atoms with van der Waals surface area (Å²) in [6.07, 6.45) is -0.404. The van der Waals surface area contributed by atoms with Gasteiger partial charge in [-0.05, 0) is 6.92 Å². The third-order valence-corrected chi connectivity index (χ3v) is 1.58. The van der Waals surface area contributed by atoms with Gasteiger partial charge in [0.15, 0.2) is 0 Å². The highest BCUT2D eigenvalue weighted by molar-refractivity contribution is 5.87. The molecule has 0 aliphatic heterocycles. The number of hydrogen-bond donors (Lipinski definition) is 2. The highest BCUT2D eigenvalue weighted by Gasteiger charge is 2.23. The van der Waals surface area contributed by atoms with E-state index >= 15 is 0 Å². The smallest absolute Gasteiger partial charge is 0.326 e. The molecule has 0 aliphatic rings. The topological polar surface area (TPSA) is 102 Å². The van der Waals surface area contributed by atoms with E-state index in [9.17, 15) is 14.4 Å². The molecule has 0 saturated carbocycles. The van der Waals surface area contributed by atoms with Gasteiger partial charge in [-0.15, -0.1) is 0 Å². The summed E-state index contributed by atoms with van der Waals surface area (Å²) in [6.45, 7) is 1.51. The zero-order chi connectivity index (χ0) is 12.6. The molecule has 0 aromatic heterocycles. The maximum Gasteiger partial charge on any atom is 0.326 e. The molecule has 0 aromatic rings. The first-order valence-corrected chi connectivity index (χ1v) is 4.68. The van der Waals surface area contributed by atoms with Crippen LogP contribution in [0.25, 0.3) is 0 Å². The number of esters is 1. The number of carboxylic acids is 1. The van der Waals surface area contributed by atoms with Crippen molar-refractivity contribution < 1.29 is 29.0 Å². The average Bonchev–Trinajstić information content (AvgIpc) is 2.17. The fourth-order valence-electron chi connectivity index (χ4n) is 0.954. The minimum Gasteiger partial charge on any atom is -0.480 e. The number of nitrogens with one attached hydrogen (secondary N) is 1. The van der Waals surface area contributed by atoms with Crippen LogP contribution in [0.5, 0.6) is 0 Å². The fourth-order valence-corrected chi connectivity index (χ4v) is 0.954. The lowest BCUT2D eigenvalue weighted by atomic mass is 10.2. The number of carboxylic acid groups (broad SMARTS) is 1. The van der Waals surface area contributed by atoms with Gasteiger partial charge in [-0.2, -0.15) is 0 Å². The molecule has 0 spiro atoms. The van der Waals surface area contributed by atoms with E-state index in [0.29, 0.717) is 0 Å². The van der Waals surface area contributed by atoms with E-state index in [1.165, 1.54) is 7.11 Å². The zero-order valence-corrected chi connectivity index (χ0v) is 9.19. The summed E-state index contributed by atoms with van der Waals surface area (Å²) in [4.78, 5) is 32.8. The van der Waals surface area contributed by atoms with Gasteiger partial charge in [-0.3, -0.25) is 9.59 Å². The van der Waals surface area contributed by atoms with Gasteiger partial charge >= 0.3 is 11.9 Å². The first-order chi connectivity index (χ1) is 7.51. The number of carbonyl (C=O) groups is 3. The van der Waals surface area contributed by atoms with Gasteiger partial charge in [0.25, 0.3) is 0 Å². The van der Waals surface area contributed by atoms with Gasteiger partial charge in [0, 0.05) is 7.11 Å². The predicted octanol–water partition coefficient (Wildman–Crippen LogP) is -0.845. The van der Waals surface area contributed by atoms with Crippen LogP contribution in [0, 0.1) is 0 Å². The van der Waals surface area contributed by atoms with Crippen molar-refractivity contribution >= 4 is 17.8 Å². The van der Waals surface area contributed by atoms with Crippen molar-refractivity contribution in [2.45, 2.75) is 19.4 Å². The van der Waals surface area contributed by atoms with Gasteiger partial charge in [-0.1, -0.05) is 0 Å². The van der Waals surface area contributed by atoms with Crippen LogP contribution in [0.15, 0.2) is 0 Å². The van der Waals surface area contributed by atoms with Crippen molar-refractivity contribution in [1.29, 1.82) is 0 Å². The summed E-state index contributed by atoms with van der Waals surface area (Å²) in [5.41, 5.74) is 0. The Morgan fingerprint density at radius 3 is 2.44 bits per heavy atom. The number of hydrogen-bond acceptors (Lipinski definition) is 5. The van der Waals surface area contributed by atoms with E-state index in [1.54, 1.807) is 6.92 Å². The maximum atomic E-state index is 11.0. The molecule has 0 fully saturated rings. The van der Waals surface area contributed by atoms with Crippen LogP contribution >= 0.6 is 0 Å². The van der Waals surface area contributed by atoms with Gasteiger partial charge in [-0.25, -0.2) is 4.79 Å². The second-order valence-electron chi connectivity index (χ2n) is 2.90. The van der Waals surface area contributed by atoms with Gasteiger partial charge in [0.2, 0.25) is 5.91 Å². The van der Waals surface area contributed by atoms with Crippen molar-refractivity contribution in [3.8, 4) is 0 Å². The lowest BCUT2D eigenvalue weighted by molar-refractivity contribution is -0.150. The van der Waals surface area contributed by atoms with Gasteiger partial charge in [0.05, 0.1) is 13.0 Å². The SMILES string of the molecule is CCOC(=O)CC(NC(=O)COC)C(=O)O. The lowest BCUT2D eigenvalue weighted by Gasteiger charge is -2.13. The summed E-state index contributed by atoms with van der Waals surface area (Å²) in [7, 11) is 1.31. The van der Waals surface area contributed by atoms with E-state index < -0.39 is 30.3 Å². The van der Waals surface area contributed by atoms with E-state index in [4.69, 9.17) is 5.11 Å². The molecule has 0 heterocycles. The molecule has 0 saturated heterocycles. The molecule has 1 atom stereocenters. The number of ether oxygens (including phenoxy) is 2. The molecule has 1 amide bonds. The predicted molar refractivity (Wildman–Crippen MR) is 52.7 cm³/mol. The van der Waals surface area contributed by atoms with Crippen LogP contribution in [0.1, 0.15) is 13.3 Å². The Hall–Kier alpha value is -1.63. The molecule has 0 aliphatic carbocycles. The fraction of sp³-hybridized carbons (Fsp3) is 0.667. The Balaban J connectivity index is 4.22. The molecule has 1 unspecified atom stereocenters. The Morgan fingerprint density at radius 1 is 1.38 bits per heavy atom. The molecular formula is C9H15NO6. The van der Waals surface area contributed by atoms with Crippen LogP contribution in [0.4, 0.5) is 0 Å². The third kappa shape index (κ3) is 5.97. The van der Waals surface area contributed by atoms with Crippen molar-refractivity contribution in [3.05, 3.63) is 0 Å². The normalized spacial score (nSPS) is 11.6. The Bertz CT molecular complexity index is 245. The van der Waals surface area contributed by atoms with Crippen LogP contribution in [0.3, 0.4) is 0 Å². The Morgan fingerprint density at radius 2 is 2.00 bits per heavy atom. The molecule has 0 rings (SSSR count).